The van der Waals surface area contributed by atoms with Gasteiger partial charge in [-0.05, 0) is 13.0 Å². The first kappa shape index (κ1) is 17.9. The number of hydrogen-bond acceptors (Lipinski definition) is 3. The Hall–Kier alpha value is -2.47. The number of terminal acetylenes is 1. The molecule has 0 unspecified atom stereocenters. The zero-order valence-corrected chi connectivity index (χ0v) is 13.4. The van der Waals surface area contributed by atoms with Gasteiger partial charge in [0.25, 0.3) is 0 Å². The van der Waals surface area contributed by atoms with Crippen LogP contribution < -0.4 is 10.6 Å². The molecule has 6 nitrogen and oxygen atoms in total. The maximum atomic E-state index is 12.9. The summed E-state index contributed by atoms with van der Waals surface area (Å²) in [7, 11) is 0. The summed E-state index contributed by atoms with van der Waals surface area (Å²) in [5, 5.41) is 13.3. The zero-order chi connectivity index (χ0) is 17.7. The van der Waals surface area contributed by atoms with E-state index >= 15 is 0 Å². The highest BCUT2D eigenvalue weighted by Crippen LogP contribution is 2.32. The van der Waals surface area contributed by atoms with Crippen LogP contribution in [0, 0.1) is 12.3 Å². The largest absolute Gasteiger partial charge is 0.417 e. The van der Waals surface area contributed by atoms with Crippen molar-refractivity contribution in [1.82, 2.24) is 25.2 Å². The average molecular weight is 359 g/mol. The number of guanidine groups is 1. The van der Waals surface area contributed by atoms with E-state index in [-0.39, 0.29) is 29.6 Å². The third-order valence-corrected chi connectivity index (χ3v) is 3.22. The summed E-state index contributed by atoms with van der Waals surface area (Å²) in [5.41, 5.74) is -0.751. The van der Waals surface area contributed by atoms with E-state index in [2.05, 4.69) is 31.7 Å². The Morgan fingerprint density at radius 2 is 2.17 bits per heavy atom. The standard InChI is InChI=1S/C14H14ClF3N6/c1-3-5-20-13(19-4-2)21-7-11-22-23-12-10(15)6-9(8-24(11)12)14(16,17)18/h1,6,8H,4-5,7H2,2H3,(H2,19,20,21). The van der Waals surface area contributed by atoms with Gasteiger partial charge in [-0.2, -0.15) is 13.2 Å². The van der Waals surface area contributed by atoms with Crippen LogP contribution in [0.2, 0.25) is 5.02 Å². The molecule has 128 valence electrons. The second-order valence-electron chi connectivity index (χ2n) is 4.64. The number of halogens is 4. The lowest BCUT2D eigenvalue weighted by Crippen LogP contribution is -2.37. The van der Waals surface area contributed by atoms with Gasteiger partial charge in [0.2, 0.25) is 0 Å². The van der Waals surface area contributed by atoms with Crippen LogP contribution in [0.5, 0.6) is 0 Å². The molecule has 0 bridgehead atoms. The van der Waals surface area contributed by atoms with Crippen LogP contribution in [0.1, 0.15) is 18.3 Å². The molecule has 0 atom stereocenters. The van der Waals surface area contributed by atoms with Crippen LogP contribution in [-0.2, 0) is 12.7 Å². The Bertz CT molecular complexity index is 790. The Kier molecular flexibility index (Phi) is 5.51. The fraction of sp³-hybridized carbons (Fsp3) is 0.357. The van der Waals surface area contributed by atoms with Crippen molar-refractivity contribution in [2.24, 2.45) is 4.99 Å². The molecule has 0 radical (unpaired) electrons. The molecule has 2 heterocycles. The van der Waals surface area contributed by atoms with E-state index in [0.29, 0.717) is 12.5 Å². The molecular weight excluding hydrogens is 345 g/mol. The van der Waals surface area contributed by atoms with Gasteiger partial charge < -0.3 is 10.6 Å². The van der Waals surface area contributed by atoms with Crippen molar-refractivity contribution in [1.29, 1.82) is 0 Å². The van der Waals surface area contributed by atoms with Crippen molar-refractivity contribution in [2.45, 2.75) is 19.6 Å². The van der Waals surface area contributed by atoms with Crippen LogP contribution in [0.4, 0.5) is 13.2 Å². The van der Waals surface area contributed by atoms with Gasteiger partial charge in [-0.15, -0.1) is 16.6 Å². The number of rotatable bonds is 4. The number of aromatic nitrogens is 3. The van der Waals surface area contributed by atoms with E-state index in [4.69, 9.17) is 18.0 Å². The van der Waals surface area contributed by atoms with E-state index in [1.807, 2.05) is 6.92 Å². The van der Waals surface area contributed by atoms with Gasteiger partial charge in [0.05, 0.1) is 17.1 Å². The van der Waals surface area contributed by atoms with E-state index < -0.39 is 11.7 Å². The highest BCUT2D eigenvalue weighted by molar-refractivity contribution is 6.33. The van der Waals surface area contributed by atoms with E-state index in [1.54, 1.807) is 0 Å². The number of hydrogen-bond donors (Lipinski definition) is 2. The summed E-state index contributed by atoms with van der Waals surface area (Å²) >= 11 is 5.86. The minimum Gasteiger partial charge on any atom is -0.357 e. The lowest BCUT2D eigenvalue weighted by Gasteiger charge is -2.09. The summed E-state index contributed by atoms with van der Waals surface area (Å²) in [6, 6.07) is 0.817. The number of alkyl halides is 3. The third-order valence-electron chi connectivity index (χ3n) is 2.94. The number of pyridine rings is 1. The van der Waals surface area contributed by atoms with Gasteiger partial charge in [-0.1, -0.05) is 17.5 Å². The number of aliphatic imine (C=N–C) groups is 1. The van der Waals surface area contributed by atoms with Gasteiger partial charge in [-0.3, -0.25) is 4.40 Å². The SMILES string of the molecule is C#CCNC(=NCc1nnc2c(Cl)cc(C(F)(F)F)cn12)NCC. The van der Waals surface area contributed by atoms with Gasteiger partial charge in [-0.25, -0.2) is 4.99 Å². The van der Waals surface area contributed by atoms with Crippen molar-refractivity contribution in [3.63, 3.8) is 0 Å². The lowest BCUT2D eigenvalue weighted by atomic mass is 10.3. The highest BCUT2D eigenvalue weighted by Gasteiger charge is 2.32. The monoisotopic (exact) mass is 358 g/mol. The van der Waals surface area contributed by atoms with Crippen LogP contribution in [0.25, 0.3) is 5.65 Å². The lowest BCUT2D eigenvalue weighted by molar-refractivity contribution is -0.137. The number of nitrogens with one attached hydrogen (secondary N) is 2. The number of fused-ring (bicyclic) bond motifs is 1. The first-order valence-electron chi connectivity index (χ1n) is 6.92. The van der Waals surface area contributed by atoms with Crippen LogP contribution in [0.3, 0.4) is 0 Å². The van der Waals surface area contributed by atoms with Crippen molar-refractivity contribution in [2.75, 3.05) is 13.1 Å². The zero-order valence-electron chi connectivity index (χ0n) is 12.7. The quantitative estimate of drug-likeness (QED) is 0.499. The summed E-state index contributed by atoms with van der Waals surface area (Å²) in [4.78, 5) is 4.22. The first-order chi connectivity index (χ1) is 11.4. The molecule has 2 N–H and O–H groups in total. The molecule has 0 saturated carbocycles. The summed E-state index contributed by atoms with van der Waals surface area (Å²) in [6.07, 6.45) is 1.54. The molecule has 2 aromatic rings. The van der Waals surface area contributed by atoms with Crippen LogP contribution >= 0.6 is 11.6 Å². The summed E-state index contributed by atoms with van der Waals surface area (Å²) < 4.78 is 39.9. The normalized spacial score (nSPS) is 12.2. The third kappa shape index (κ3) is 4.08. The second kappa shape index (κ2) is 7.40. The van der Waals surface area contributed by atoms with Gasteiger partial charge in [0.15, 0.2) is 17.4 Å². The second-order valence-corrected chi connectivity index (χ2v) is 5.04. The van der Waals surface area contributed by atoms with Crippen LogP contribution in [-0.4, -0.2) is 33.6 Å². The Labute approximate surface area is 141 Å². The fourth-order valence-electron chi connectivity index (χ4n) is 1.89. The minimum atomic E-state index is -4.52. The van der Waals surface area contributed by atoms with Crippen molar-refractivity contribution < 1.29 is 13.2 Å². The predicted molar refractivity (Wildman–Crippen MR) is 84.7 cm³/mol. The molecule has 10 heteroatoms. The van der Waals surface area contributed by atoms with E-state index in [1.165, 1.54) is 4.40 Å². The van der Waals surface area contributed by atoms with Gasteiger partial charge in [0.1, 0.15) is 6.54 Å². The molecule has 24 heavy (non-hydrogen) atoms. The smallest absolute Gasteiger partial charge is 0.357 e. The highest BCUT2D eigenvalue weighted by atomic mass is 35.5. The summed E-state index contributed by atoms with van der Waals surface area (Å²) in [6.45, 7) is 2.73. The maximum Gasteiger partial charge on any atom is 0.417 e. The first-order valence-corrected chi connectivity index (χ1v) is 7.30. The predicted octanol–water partition coefficient (Wildman–Crippen LogP) is 2.09. The fourth-order valence-corrected chi connectivity index (χ4v) is 2.14. The minimum absolute atomic E-state index is 0.00128. The van der Waals surface area contributed by atoms with Crippen molar-refractivity contribution >= 4 is 23.2 Å². The molecule has 2 rings (SSSR count). The molecule has 0 spiro atoms. The Morgan fingerprint density at radius 3 is 2.79 bits per heavy atom. The van der Waals surface area contributed by atoms with Crippen molar-refractivity contribution in [3.8, 4) is 12.3 Å². The molecule has 0 aliphatic carbocycles. The molecule has 0 saturated heterocycles. The molecule has 0 fully saturated rings. The molecule has 0 aliphatic rings. The van der Waals surface area contributed by atoms with Gasteiger partial charge >= 0.3 is 6.18 Å². The molecule has 0 aromatic carbocycles. The van der Waals surface area contributed by atoms with Crippen molar-refractivity contribution in [3.05, 3.63) is 28.7 Å². The van der Waals surface area contributed by atoms with Crippen LogP contribution in [0.15, 0.2) is 17.3 Å². The topological polar surface area (TPSA) is 66.6 Å². The van der Waals surface area contributed by atoms with E-state index in [9.17, 15) is 13.2 Å². The average Bonchev–Trinajstić information content (AvgIpc) is 2.93. The van der Waals surface area contributed by atoms with E-state index in [0.717, 1.165) is 12.3 Å². The molecule has 0 aliphatic heterocycles. The Balaban J connectivity index is 2.35. The van der Waals surface area contributed by atoms with Gasteiger partial charge in [0, 0.05) is 12.7 Å². The number of nitrogens with zero attached hydrogens (tertiary/aromatic N) is 4. The molecule has 2 aromatic heterocycles. The molecule has 0 amide bonds. The summed E-state index contributed by atoms with van der Waals surface area (Å²) in [5.74, 6) is 3.04. The molecular formula is C14H14ClF3N6. The Morgan fingerprint density at radius 1 is 1.42 bits per heavy atom. The maximum absolute atomic E-state index is 12.9.